The molecule has 2 aromatic rings. The highest BCUT2D eigenvalue weighted by Crippen LogP contribution is 2.19. The molecule has 1 atom stereocenters. The molecule has 1 unspecified atom stereocenters. The van der Waals surface area contributed by atoms with Crippen molar-refractivity contribution < 1.29 is 0 Å². The molecule has 0 aliphatic carbocycles. The van der Waals surface area contributed by atoms with Crippen molar-refractivity contribution in [2.75, 3.05) is 7.05 Å². The fourth-order valence-electron chi connectivity index (χ4n) is 2.06. The summed E-state index contributed by atoms with van der Waals surface area (Å²) in [4.78, 5) is 12.1. The van der Waals surface area contributed by atoms with Crippen molar-refractivity contribution in [1.82, 2.24) is 19.5 Å². The Kier molecular flexibility index (Phi) is 3.26. The number of nitrogens with zero attached hydrogens (tertiary/aromatic N) is 3. The predicted octanol–water partition coefficient (Wildman–Crippen LogP) is 1.13. The minimum Gasteiger partial charge on any atom is -0.315 e. The second-order valence-electron chi connectivity index (χ2n) is 5.60. The van der Waals surface area contributed by atoms with Gasteiger partial charge in [0, 0.05) is 12.2 Å². The van der Waals surface area contributed by atoms with Crippen LogP contribution in [0.25, 0.3) is 5.65 Å². The molecule has 0 saturated heterocycles. The summed E-state index contributed by atoms with van der Waals surface area (Å²) in [7, 11) is 1.91. The van der Waals surface area contributed by atoms with Crippen molar-refractivity contribution in [3.05, 3.63) is 34.9 Å². The molecule has 2 aromatic heterocycles. The molecule has 0 spiro atoms. The van der Waals surface area contributed by atoms with Gasteiger partial charge in [0.25, 0.3) is 0 Å². The van der Waals surface area contributed by atoms with E-state index in [1.54, 1.807) is 10.6 Å². The SMILES string of the molecule is CNC(Cn1nc2ccccn2c1=O)C(C)(C)C. The van der Waals surface area contributed by atoms with Crippen molar-refractivity contribution in [3.63, 3.8) is 0 Å². The zero-order chi connectivity index (χ0) is 13.3. The third kappa shape index (κ3) is 2.31. The van der Waals surface area contributed by atoms with E-state index in [0.717, 1.165) is 0 Å². The molecule has 0 fully saturated rings. The van der Waals surface area contributed by atoms with Gasteiger partial charge in [-0.3, -0.25) is 4.40 Å². The molecule has 2 heterocycles. The summed E-state index contributed by atoms with van der Waals surface area (Å²) in [5.41, 5.74) is 0.672. The van der Waals surface area contributed by atoms with Gasteiger partial charge in [0.15, 0.2) is 5.65 Å². The van der Waals surface area contributed by atoms with Gasteiger partial charge in [-0.25, -0.2) is 9.48 Å². The van der Waals surface area contributed by atoms with E-state index in [1.165, 1.54) is 4.68 Å². The standard InChI is InChI=1S/C13H20N4O/c1-13(2,3)10(14-4)9-17-12(18)16-8-6-5-7-11(16)15-17/h5-8,10,14H,9H2,1-4H3. The van der Waals surface area contributed by atoms with E-state index in [4.69, 9.17) is 0 Å². The van der Waals surface area contributed by atoms with Crippen molar-refractivity contribution in [3.8, 4) is 0 Å². The summed E-state index contributed by atoms with van der Waals surface area (Å²) < 4.78 is 3.09. The van der Waals surface area contributed by atoms with Gasteiger partial charge in [-0.2, -0.15) is 0 Å². The maximum Gasteiger partial charge on any atom is 0.350 e. The lowest BCUT2D eigenvalue weighted by atomic mass is 9.87. The van der Waals surface area contributed by atoms with E-state index in [2.05, 4.69) is 31.2 Å². The van der Waals surface area contributed by atoms with Gasteiger partial charge in [0.05, 0.1) is 6.54 Å². The quantitative estimate of drug-likeness (QED) is 0.886. The first kappa shape index (κ1) is 12.8. The summed E-state index contributed by atoms with van der Waals surface area (Å²) in [5.74, 6) is 0. The topological polar surface area (TPSA) is 51.3 Å². The van der Waals surface area contributed by atoms with E-state index < -0.39 is 0 Å². The van der Waals surface area contributed by atoms with Gasteiger partial charge in [-0.15, -0.1) is 5.10 Å². The van der Waals surface area contributed by atoms with Crippen LogP contribution in [0.4, 0.5) is 0 Å². The Balaban J connectivity index is 2.38. The van der Waals surface area contributed by atoms with Crippen LogP contribution in [0.1, 0.15) is 20.8 Å². The number of rotatable bonds is 3. The molecule has 0 amide bonds. The second kappa shape index (κ2) is 4.57. The molecule has 2 rings (SSSR count). The molecule has 98 valence electrons. The van der Waals surface area contributed by atoms with E-state index in [9.17, 15) is 4.79 Å². The highest BCUT2D eigenvalue weighted by atomic mass is 16.2. The molecule has 0 aliphatic rings. The molecule has 0 radical (unpaired) electrons. The maximum atomic E-state index is 12.1. The van der Waals surface area contributed by atoms with Crippen molar-refractivity contribution >= 4 is 5.65 Å². The number of nitrogens with one attached hydrogen (secondary N) is 1. The molecular formula is C13H20N4O. The van der Waals surface area contributed by atoms with Crippen molar-refractivity contribution in [2.45, 2.75) is 33.4 Å². The summed E-state index contributed by atoms with van der Waals surface area (Å²) in [6.07, 6.45) is 1.74. The molecule has 0 aliphatic heterocycles. The molecule has 0 saturated carbocycles. The van der Waals surface area contributed by atoms with Crippen LogP contribution in [-0.4, -0.2) is 27.3 Å². The Morgan fingerprint density at radius 1 is 1.39 bits per heavy atom. The van der Waals surface area contributed by atoms with E-state index in [1.807, 2.05) is 25.2 Å². The number of hydrogen-bond donors (Lipinski definition) is 1. The van der Waals surface area contributed by atoms with Gasteiger partial charge < -0.3 is 5.32 Å². The normalized spacial score (nSPS) is 14.0. The Morgan fingerprint density at radius 3 is 2.67 bits per heavy atom. The van der Waals surface area contributed by atoms with Gasteiger partial charge in [-0.05, 0) is 24.6 Å². The highest BCUT2D eigenvalue weighted by Gasteiger charge is 2.24. The smallest absolute Gasteiger partial charge is 0.315 e. The third-order valence-corrected chi connectivity index (χ3v) is 3.24. The average Bonchev–Trinajstić information content (AvgIpc) is 2.62. The lowest BCUT2D eigenvalue weighted by molar-refractivity contribution is 0.245. The Hall–Kier alpha value is -1.62. The number of aromatic nitrogens is 3. The lowest BCUT2D eigenvalue weighted by Crippen LogP contribution is -2.43. The number of fused-ring (bicyclic) bond motifs is 1. The zero-order valence-electron chi connectivity index (χ0n) is 11.3. The monoisotopic (exact) mass is 248 g/mol. The van der Waals surface area contributed by atoms with Crippen LogP contribution in [-0.2, 0) is 6.54 Å². The highest BCUT2D eigenvalue weighted by molar-refractivity contribution is 5.35. The fourth-order valence-corrected chi connectivity index (χ4v) is 2.06. The third-order valence-electron chi connectivity index (χ3n) is 3.24. The number of likely N-dealkylation sites (N-methyl/N-ethyl adjacent to an activating group) is 1. The van der Waals surface area contributed by atoms with Crippen LogP contribution in [0.15, 0.2) is 29.2 Å². The molecule has 5 heteroatoms. The molecule has 18 heavy (non-hydrogen) atoms. The first-order chi connectivity index (χ1) is 8.43. The van der Waals surface area contributed by atoms with Gasteiger partial charge in [0.2, 0.25) is 0 Å². The fraction of sp³-hybridized carbons (Fsp3) is 0.538. The summed E-state index contributed by atoms with van der Waals surface area (Å²) >= 11 is 0. The predicted molar refractivity (Wildman–Crippen MR) is 71.8 cm³/mol. The lowest BCUT2D eigenvalue weighted by Gasteiger charge is -2.29. The zero-order valence-corrected chi connectivity index (χ0v) is 11.3. The Morgan fingerprint density at radius 2 is 2.11 bits per heavy atom. The molecule has 0 bridgehead atoms. The number of hydrogen-bond acceptors (Lipinski definition) is 3. The van der Waals surface area contributed by atoms with Crippen molar-refractivity contribution in [2.24, 2.45) is 5.41 Å². The van der Waals surface area contributed by atoms with Crippen LogP contribution >= 0.6 is 0 Å². The van der Waals surface area contributed by atoms with Crippen LogP contribution in [0.5, 0.6) is 0 Å². The maximum absolute atomic E-state index is 12.1. The molecule has 5 nitrogen and oxygen atoms in total. The van der Waals surface area contributed by atoms with Crippen LogP contribution < -0.4 is 11.0 Å². The van der Waals surface area contributed by atoms with Crippen LogP contribution in [0.3, 0.4) is 0 Å². The first-order valence-corrected chi connectivity index (χ1v) is 6.15. The molecule has 1 N–H and O–H groups in total. The Bertz CT molecular complexity index is 591. The van der Waals surface area contributed by atoms with Gasteiger partial charge in [-0.1, -0.05) is 26.8 Å². The minimum absolute atomic E-state index is 0.0734. The second-order valence-corrected chi connectivity index (χ2v) is 5.60. The summed E-state index contributed by atoms with van der Waals surface area (Å²) in [6.45, 7) is 7.01. The van der Waals surface area contributed by atoms with E-state index in [0.29, 0.717) is 12.2 Å². The average molecular weight is 248 g/mol. The summed E-state index contributed by atoms with van der Waals surface area (Å²) in [5, 5.41) is 7.59. The van der Waals surface area contributed by atoms with Crippen LogP contribution in [0, 0.1) is 5.41 Å². The first-order valence-electron chi connectivity index (χ1n) is 6.15. The Labute approximate surface area is 106 Å². The largest absolute Gasteiger partial charge is 0.350 e. The van der Waals surface area contributed by atoms with Gasteiger partial charge in [0.1, 0.15) is 0 Å². The van der Waals surface area contributed by atoms with E-state index >= 15 is 0 Å². The molecule has 0 aromatic carbocycles. The number of pyridine rings is 1. The summed E-state index contributed by atoms with van der Waals surface area (Å²) in [6, 6.07) is 5.74. The van der Waals surface area contributed by atoms with Crippen LogP contribution in [0.2, 0.25) is 0 Å². The van der Waals surface area contributed by atoms with Crippen molar-refractivity contribution in [1.29, 1.82) is 0 Å². The molecular weight excluding hydrogens is 228 g/mol. The van der Waals surface area contributed by atoms with Gasteiger partial charge >= 0.3 is 5.69 Å². The minimum atomic E-state index is -0.0879. The van der Waals surface area contributed by atoms with E-state index in [-0.39, 0.29) is 17.1 Å².